The van der Waals surface area contributed by atoms with E-state index in [0.29, 0.717) is 17.9 Å². The van der Waals surface area contributed by atoms with E-state index >= 15 is 0 Å². The zero-order chi connectivity index (χ0) is 24.7. The molecule has 0 unspecified atom stereocenters. The standard InChI is InChI=1S/C22H28N6O5S/c1-10-16-15(11(2)26-19(29)14-9-23-5-6-24-14)21(31)28(16)17(22(32)33)18(10)34-12-7-13(25-8-12)20(30)27(3)4/h5-6,9-13,15-16,25H,7-8H2,1-4H3,(H,26,29)(H,32,33)/t10-,11-,12+,13+,15-,16-/m1/s1. The second kappa shape index (κ2) is 9.34. The number of carboxylic acids is 1. The molecule has 3 aliphatic rings. The number of carbonyl (C=O) groups is 4. The van der Waals surface area contributed by atoms with E-state index in [0.717, 1.165) is 0 Å². The van der Waals surface area contributed by atoms with Gasteiger partial charge in [0.2, 0.25) is 11.8 Å². The van der Waals surface area contributed by atoms with Crippen molar-refractivity contribution >= 4 is 35.5 Å². The number of carbonyl (C=O) groups excluding carboxylic acids is 3. The summed E-state index contributed by atoms with van der Waals surface area (Å²) in [5, 5.41) is 16.0. The summed E-state index contributed by atoms with van der Waals surface area (Å²) in [4.78, 5) is 61.4. The van der Waals surface area contributed by atoms with Crippen LogP contribution < -0.4 is 10.6 Å². The predicted molar refractivity (Wildman–Crippen MR) is 123 cm³/mol. The minimum Gasteiger partial charge on any atom is -0.477 e. The molecule has 0 bridgehead atoms. The van der Waals surface area contributed by atoms with Gasteiger partial charge in [0.25, 0.3) is 5.91 Å². The smallest absolute Gasteiger partial charge is 0.353 e. The summed E-state index contributed by atoms with van der Waals surface area (Å²) in [5.41, 5.74) is 0.159. The molecule has 4 heterocycles. The average molecular weight is 489 g/mol. The van der Waals surface area contributed by atoms with Crippen LogP contribution in [-0.4, -0.2) is 92.6 Å². The van der Waals surface area contributed by atoms with Crippen molar-refractivity contribution < 1.29 is 24.3 Å². The number of fused-ring (bicyclic) bond motifs is 1. The third-order valence-electron chi connectivity index (χ3n) is 6.61. The molecule has 0 saturated carbocycles. The molecule has 2 fully saturated rings. The Hall–Kier alpha value is -2.99. The fourth-order valence-corrected chi connectivity index (χ4v) is 6.43. The van der Waals surface area contributed by atoms with Gasteiger partial charge in [-0.3, -0.25) is 19.4 Å². The summed E-state index contributed by atoms with van der Waals surface area (Å²) in [6, 6.07) is -1.17. The quantitative estimate of drug-likeness (QED) is 0.449. The highest BCUT2D eigenvalue weighted by Gasteiger charge is 2.60. The number of hydrogen-bond acceptors (Lipinski definition) is 8. The van der Waals surface area contributed by atoms with E-state index in [-0.39, 0.29) is 46.5 Å². The van der Waals surface area contributed by atoms with Gasteiger partial charge in [-0.05, 0) is 13.3 Å². The van der Waals surface area contributed by atoms with Gasteiger partial charge in [-0.1, -0.05) is 6.92 Å². The van der Waals surface area contributed by atoms with Crippen LogP contribution in [0.4, 0.5) is 0 Å². The van der Waals surface area contributed by atoms with E-state index in [1.54, 1.807) is 21.0 Å². The van der Waals surface area contributed by atoms with E-state index in [1.165, 1.54) is 40.2 Å². The second-order valence-corrected chi connectivity index (χ2v) is 10.4. The highest BCUT2D eigenvalue weighted by Crippen LogP contribution is 2.51. The lowest BCUT2D eigenvalue weighted by Crippen LogP contribution is -2.66. The van der Waals surface area contributed by atoms with Gasteiger partial charge in [0.1, 0.15) is 11.4 Å². The molecule has 1 aromatic heterocycles. The Morgan fingerprint density at radius 3 is 2.68 bits per heavy atom. The van der Waals surface area contributed by atoms with Gasteiger partial charge in [-0.15, -0.1) is 11.8 Å². The van der Waals surface area contributed by atoms with Gasteiger partial charge >= 0.3 is 5.97 Å². The maximum Gasteiger partial charge on any atom is 0.353 e. The van der Waals surface area contributed by atoms with Crippen molar-refractivity contribution in [1.29, 1.82) is 0 Å². The molecule has 1 aromatic rings. The molecule has 0 radical (unpaired) electrons. The zero-order valence-electron chi connectivity index (χ0n) is 19.4. The highest BCUT2D eigenvalue weighted by molar-refractivity contribution is 8.03. The Bertz CT molecular complexity index is 1050. The van der Waals surface area contributed by atoms with Crippen molar-refractivity contribution in [3.8, 4) is 0 Å². The molecule has 34 heavy (non-hydrogen) atoms. The van der Waals surface area contributed by atoms with E-state index in [4.69, 9.17) is 0 Å². The van der Waals surface area contributed by atoms with E-state index in [1.807, 2.05) is 6.92 Å². The number of aromatic nitrogens is 2. The van der Waals surface area contributed by atoms with Crippen LogP contribution in [0.15, 0.2) is 29.2 Å². The number of hydrogen-bond donors (Lipinski definition) is 3. The van der Waals surface area contributed by atoms with Crippen molar-refractivity contribution in [1.82, 2.24) is 30.4 Å². The first-order valence-corrected chi connectivity index (χ1v) is 12.0. The van der Waals surface area contributed by atoms with Crippen LogP contribution in [0.3, 0.4) is 0 Å². The Morgan fingerprint density at radius 1 is 1.32 bits per heavy atom. The number of thioether (sulfide) groups is 1. The van der Waals surface area contributed by atoms with E-state index < -0.39 is 23.8 Å². The third kappa shape index (κ3) is 4.16. The fourth-order valence-electron chi connectivity index (χ4n) is 4.96. The van der Waals surface area contributed by atoms with Crippen molar-refractivity contribution in [3.63, 3.8) is 0 Å². The Labute approximate surface area is 201 Å². The van der Waals surface area contributed by atoms with Crippen molar-refractivity contribution in [2.24, 2.45) is 11.8 Å². The first-order valence-electron chi connectivity index (χ1n) is 11.1. The van der Waals surface area contributed by atoms with Gasteiger partial charge in [-0.2, -0.15) is 0 Å². The average Bonchev–Trinajstić information content (AvgIpc) is 3.35. The Morgan fingerprint density at radius 2 is 2.06 bits per heavy atom. The lowest BCUT2D eigenvalue weighted by Gasteiger charge is -2.47. The summed E-state index contributed by atoms with van der Waals surface area (Å²) in [6.45, 7) is 4.23. The first-order chi connectivity index (χ1) is 16.1. The molecule has 3 aliphatic heterocycles. The van der Waals surface area contributed by atoms with Gasteiger partial charge in [0, 0.05) is 55.1 Å². The van der Waals surface area contributed by atoms with Gasteiger partial charge < -0.3 is 25.5 Å². The molecular weight excluding hydrogens is 460 g/mol. The molecule has 3 N–H and O–H groups in total. The van der Waals surface area contributed by atoms with Gasteiger partial charge in [0.15, 0.2) is 0 Å². The lowest BCUT2D eigenvalue weighted by atomic mass is 9.78. The summed E-state index contributed by atoms with van der Waals surface area (Å²) in [6.07, 6.45) is 4.80. The molecule has 0 spiro atoms. The summed E-state index contributed by atoms with van der Waals surface area (Å²) in [5.74, 6) is -2.67. The van der Waals surface area contributed by atoms with Gasteiger partial charge in [-0.25, -0.2) is 9.78 Å². The number of carboxylic acid groups (broad SMARTS) is 1. The normalized spacial score (nSPS) is 28.9. The van der Waals surface area contributed by atoms with Crippen LogP contribution in [-0.2, 0) is 14.4 Å². The second-order valence-electron chi connectivity index (χ2n) is 9.05. The zero-order valence-corrected chi connectivity index (χ0v) is 20.2. The van der Waals surface area contributed by atoms with Crippen LogP contribution in [0.25, 0.3) is 0 Å². The monoisotopic (exact) mass is 488 g/mol. The SMILES string of the molecule is C[C@@H](NC(=O)c1cnccn1)[C@H]1C(=O)N2C(C(=O)O)=C(S[C@@H]3CN[C@H](C(=O)N(C)C)C3)[C@H](C)[C@H]12. The van der Waals surface area contributed by atoms with Crippen LogP contribution in [0.5, 0.6) is 0 Å². The molecule has 3 amide bonds. The number of likely N-dealkylation sites (N-methyl/N-ethyl adjacent to an activating group) is 1. The number of amides is 3. The Kier molecular flexibility index (Phi) is 6.63. The molecule has 2 saturated heterocycles. The molecule has 182 valence electrons. The Balaban J connectivity index is 1.47. The fraction of sp³-hybridized carbons (Fsp3) is 0.545. The summed E-state index contributed by atoms with van der Waals surface area (Å²) in [7, 11) is 3.41. The number of nitrogens with zero attached hydrogens (tertiary/aromatic N) is 4. The van der Waals surface area contributed by atoms with E-state index in [2.05, 4.69) is 20.6 Å². The molecule has 11 nitrogen and oxygen atoms in total. The maximum atomic E-state index is 13.0. The van der Waals surface area contributed by atoms with Crippen molar-refractivity contribution in [3.05, 3.63) is 34.9 Å². The molecular formula is C22H28N6O5S. The van der Waals surface area contributed by atoms with Crippen LogP contribution in [0.2, 0.25) is 0 Å². The lowest BCUT2D eigenvalue weighted by molar-refractivity contribution is -0.158. The molecule has 6 atom stereocenters. The van der Waals surface area contributed by atoms with Crippen LogP contribution >= 0.6 is 11.8 Å². The van der Waals surface area contributed by atoms with Crippen LogP contribution in [0, 0.1) is 11.8 Å². The van der Waals surface area contributed by atoms with Crippen molar-refractivity contribution in [2.45, 2.75) is 43.6 Å². The molecule has 12 heteroatoms. The minimum absolute atomic E-state index is 0.0123. The summed E-state index contributed by atoms with van der Waals surface area (Å²) < 4.78 is 0. The molecule has 0 aromatic carbocycles. The third-order valence-corrected chi connectivity index (χ3v) is 8.12. The van der Waals surface area contributed by atoms with Crippen LogP contribution in [0.1, 0.15) is 30.8 Å². The van der Waals surface area contributed by atoms with E-state index in [9.17, 15) is 24.3 Å². The maximum absolute atomic E-state index is 13.0. The number of rotatable bonds is 7. The number of β-lactam (4-membered cyclic amide) rings is 1. The number of aliphatic carboxylic acids is 1. The molecule has 4 rings (SSSR count). The largest absolute Gasteiger partial charge is 0.477 e. The highest BCUT2D eigenvalue weighted by atomic mass is 32.2. The molecule has 0 aliphatic carbocycles. The van der Waals surface area contributed by atoms with Gasteiger partial charge in [0.05, 0.1) is 24.2 Å². The summed E-state index contributed by atoms with van der Waals surface area (Å²) >= 11 is 1.43. The first kappa shape index (κ1) is 24.1. The number of nitrogens with one attached hydrogen (secondary N) is 2. The topological polar surface area (TPSA) is 145 Å². The minimum atomic E-state index is -1.15. The predicted octanol–water partition coefficient (Wildman–Crippen LogP) is -0.0803. The van der Waals surface area contributed by atoms with Crippen molar-refractivity contribution in [2.75, 3.05) is 20.6 Å².